The average Bonchev–Trinajstić information content (AvgIpc) is 3.42. The number of rotatable bonds is 8. The smallest absolute Gasteiger partial charge is 0.405 e. The van der Waals surface area contributed by atoms with Crippen molar-refractivity contribution in [1.29, 1.82) is 0 Å². The highest BCUT2D eigenvalue weighted by atomic mass is 19.4. The Hall–Kier alpha value is -5.07. The number of carbonyl (C=O) groups is 3. The summed E-state index contributed by atoms with van der Waals surface area (Å²) in [5, 5.41) is 2.13. The quantitative estimate of drug-likeness (QED) is 0.221. The van der Waals surface area contributed by atoms with Crippen molar-refractivity contribution < 1.29 is 37.1 Å². The zero-order valence-electron chi connectivity index (χ0n) is 23.1. The van der Waals surface area contributed by atoms with Crippen molar-refractivity contribution in [2.45, 2.75) is 32.0 Å². The van der Waals surface area contributed by atoms with Gasteiger partial charge in [-0.05, 0) is 47.5 Å². The van der Waals surface area contributed by atoms with E-state index in [0.717, 1.165) is 29.7 Å². The summed E-state index contributed by atoms with van der Waals surface area (Å²) in [6.45, 7) is 1.29. The topological polar surface area (TPSA) is 105 Å². The molecule has 0 bridgehead atoms. The first-order chi connectivity index (χ1) is 20.6. The van der Waals surface area contributed by atoms with Crippen molar-refractivity contribution in [1.82, 2.24) is 19.6 Å². The fourth-order valence-corrected chi connectivity index (χ4v) is 4.91. The minimum Gasteiger partial charge on any atom is -0.490 e. The van der Waals surface area contributed by atoms with Crippen molar-refractivity contribution in [2.75, 3.05) is 24.7 Å². The Balaban J connectivity index is 1.34. The monoisotopic (exact) mass is 595 g/mol. The standard InChI is InChI=1S/C30H28F3N5O5/c1-20(40)36-11-9-25(10-12-36)43-26-7-3-4-21(15-26)22-8-13-37-27(17-34-28(37)16-22)23-5-2-6-24(14-23)38(42-19-39)29(41)35-18-30(31,32)33/h2-8,13-17,19,25H,9-12,18H2,1H3,(H,35,41). The number of fused-ring (bicyclic) bond motifs is 1. The van der Waals surface area contributed by atoms with Gasteiger partial charge in [-0.15, -0.1) is 5.06 Å². The Morgan fingerprint density at radius 1 is 1.05 bits per heavy atom. The number of alkyl halides is 3. The normalized spacial score (nSPS) is 13.9. The van der Waals surface area contributed by atoms with Gasteiger partial charge in [0.1, 0.15) is 24.0 Å². The molecule has 1 aliphatic rings. The van der Waals surface area contributed by atoms with Crippen LogP contribution in [0.25, 0.3) is 28.0 Å². The van der Waals surface area contributed by atoms with Crippen molar-refractivity contribution >= 4 is 29.7 Å². The number of nitrogens with one attached hydrogen (secondary N) is 1. The lowest BCUT2D eigenvalue weighted by Crippen LogP contribution is -2.43. The van der Waals surface area contributed by atoms with Crippen LogP contribution in [-0.2, 0) is 14.4 Å². The summed E-state index contributed by atoms with van der Waals surface area (Å²) in [5.41, 5.74) is 3.72. The summed E-state index contributed by atoms with van der Waals surface area (Å²) < 4.78 is 45.8. The van der Waals surface area contributed by atoms with Gasteiger partial charge >= 0.3 is 18.7 Å². The molecular weight excluding hydrogens is 567 g/mol. The van der Waals surface area contributed by atoms with Gasteiger partial charge in [-0.1, -0.05) is 24.3 Å². The van der Waals surface area contributed by atoms with E-state index in [1.807, 2.05) is 51.9 Å². The number of amides is 3. The lowest BCUT2D eigenvalue weighted by Gasteiger charge is -2.31. The van der Waals surface area contributed by atoms with Crippen LogP contribution in [0.4, 0.5) is 23.7 Å². The Labute approximate surface area is 244 Å². The van der Waals surface area contributed by atoms with Gasteiger partial charge < -0.3 is 19.8 Å². The number of hydrogen-bond donors (Lipinski definition) is 1. The molecule has 1 N–H and O–H groups in total. The fraction of sp³-hybridized carbons (Fsp3) is 0.267. The number of imidazole rings is 1. The molecule has 10 nitrogen and oxygen atoms in total. The van der Waals surface area contributed by atoms with Crippen LogP contribution in [0.1, 0.15) is 19.8 Å². The first-order valence-electron chi connectivity index (χ1n) is 13.5. The predicted octanol–water partition coefficient (Wildman–Crippen LogP) is 5.22. The van der Waals surface area contributed by atoms with Gasteiger partial charge in [0.05, 0.1) is 17.6 Å². The number of aromatic nitrogens is 2. The molecule has 2 aromatic carbocycles. The number of likely N-dealkylation sites (tertiary alicyclic amines) is 1. The third-order valence-electron chi connectivity index (χ3n) is 7.02. The summed E-state index contributed by atoms with van der Waals surface area (Å²) in [7, 11) is 0. The summed E-state index contributed by atoms with van der Waals surface area (Å²) in [6.07, 6.45) is 0.391. The number of ether oxygens (including phenoxy) is 1. The molecule has 0 aliphatic carbocycles. The Bertz CT molecular complexity index is 1630. The zero-order valence-corrected chi connectivity index (χ0v) is 23.1. The highest BCUT2D eigenvalue weighted by molar-refractivity contribution is 5.91. The number of nitrogens with zero attached hydrogens (tertiary/aromatic N) is 4. The molecule has 3 amide bonds. The third-order valence-corrected chi connectivity index (χ3v) is 7.02. The number of anilines is 1. The average molecular weight is 596 g/mol. The Morgan fingerprint density at radius 2 is 1.77 bits per heavy atom. The van der Waals surface area contributed by atoms with Gasteiger partial charge in [-0.2, -0.15) is 13.2 Å². The maximum Gasteiger partial charge on any atom is 0.405 e. The number of carbonyl (C=O) groups excluding carboxylic acids is 3. The van der Waals surface area contributed by atoms with Crippen LogP contribution in [-0.4, -0.2) is 64.6 Å². The van der Waals surface area contributed by atoms with Gasteiger partial charge in [0.15, 0.2) is 0 Å². The third kappa shape index (κ3) is 7.05. The van der Waals surface area contributed by atoms with E-state index in [2.05, 4.69) is 9.82 Å². The lowest BCUT2D eigenvalue weighted by atomic mass is 10.1. The number of pyridine rings is 1. The molecule has 0 saturated carbocycles. The molecule has 13 heteroatoms. The SMILES string of the molecule is CC(=O)N1CCC(Oc2cccc(-c3ccn4c(-c5cccc(N(OC=O)C(=O)NCC(F)(F)F)c5)cnc4c3)c2)CC1. The maximum atomic E-state index is 12.6. The fourth-order valence-electron chi connectivity index (χ4n) is 4.91. The molecule has 4 aromatic rings. The molecule has 5 rings (SSSR count). The summed E-state index contributed by atoms with van der Waals surface area (Å²) >= 11 is 0. The second kappa shape index (κ2) is 12.4. The van der Waals surface area contributed by atoms with E-state index in [0.29, 0.717) is 35.1 Å². The highest BCUT2D eigenvalue weighted by Crippen LogP contribution is 2.30. The molecule has 1 saturated heterocycles. The molecule has 1 fully saturated rings. The van der Waals surface area contributed by atoms with Crippen LogP contribution >= 0.6 is 0 Å². The van der Waals surface area contributed by atoms with Crippen molar-refractivity contribution in [3.8, 4) is 28.1 Å². The predicted molar refractivity (Wildman–Crippen MR) is 151 cm³/mol. The van der Waals surface area contributed by atoms with E-state index < -0.39 is 18.8 Å². The molecule has 3 heterocycles. The van der Waals surface area contributed by atoms with Gasteiger partial charge in [0, 0.05) is 44.6 Å². The molecule has 43 heavy (non-hydrogen) atoms. The molecule has 0 atom stereocenters. The Kier molecular flexibility index (Phi) is 8.51. The zero-order chi connectivity index (χ0) is 30.6. The minimum atomic E-state index is -4.64. The van der Waals surface area contributed by atoms with Gasteiger partial charge in [-0.3, -0.25) is 14.0 Å². The van der Waals surface area contributed by atoms with Crippen LogP contribution in [0.15, 0.2) is 73.1 Å². The van der Waals surface area contributed by atoms with Gasteiger partial charge in [-0.25, -0.2) is 9.78 Å². The molecule has 224 valence electrons. The second-order valence-electron chi connectivity index (χ2n) is 9.96. The van der Waals surface area contributed by atoms with Crippen LogP contribution < -0.4 is 15.1 Å². The van der Waals surface area contributed by atoms with Crippen LogP contribution in [0, 0.1) is 0 Å². The van der Waals surface area contributed by atoms with Gasteiger partial charge in [0.2, 0.25) is 5.91 Å². The minimum absolute atomic E-state index is 0.0301. The summed E-state index contributed by atoms with van der Waals surface area (Å²) in [6, 6.07) is 16.5. The molecule has 0 unspecified atom stereocenters. The molecule has 0 spiro atoms. The first kappa shape index (κ1) is 29.4. The van der Waals surface area contributed by atoms with Crippen molar-refractivity contribution in [3.05, 3.63) is 73.1 Å². The van der Waals surface area contributed by atoms with E-state index in [9.17, 15) is 27.6 Å². The number of hydroxylamine groups is 1. The number of hydrogen-bond acceptors (Lipinski definition) is 6. The second-order valence-corrected chi connectivity index (χ2v) is 9.96. The highest BCUT2D eigenvalue weighted by Gasteiger charge is 2.30. The van der Waals surface area contributed by atoms with E-state index in [1.165, 1.54) is 12.1 Å². The number of piperidine rings is 1. The number of halogens is 3. The van der Waals surface area contributed by atoms with Crippen LogP contribution in [0.3, 0.4) is 0 Å². The van der Waals surface area contributed by atoms with E-state index in [-0.39, 0.29) is 24.2 Å². The Morgan fingerprint density at radius 3 is 2.49 bits per heavy atom. The molecule has 0 radical (unpaired) electrons. The molecule has 2 aromatic heterocycles. The van der Waals surface area contributed by atoms with E-state index >= 15 is 0 Å². The number of urea groups is 1. The van der Waals surface area contributed by atoms with Crippen molar-refractivity contribution in [3.63, 3.8) is 0 Å². The van der Waals surface area contributed by atoms with E-state index in [1.54, 1.807) is 30.6 Å². The molecular formula is C30H28F3N5O5. The van der Waals surface area contributed by atoms with Gasteiger partial charge in [0.25, 0.3) is 0 Å². The summed E-state index contributed by atoms with van der Waals surface area (Å²) in [5.74, 6) is 0.813. The van der Waals surface area contributed by atoms with Crippen molar-refractivity contribution in [2.24, 2.45) is 0 Å². The number of benzene rings is 2. The molecule has 1 aliphatic heterocycles. The lowest BCUT2D eigenvalue weighted by molar-refractivity contribution is -0.131. The van der Waals surface area contributed by atoms with Crippen LogP contribution in [0.2, 0.25) is 0 Å². The van der Waals surface area contributed by atoms with E-state index in [4.69, 9.17) is 4.74 Å². The maximum absolute atomic E-state index is 12.6. The first-order valence-corrected chi connectivity index (χ1v) is 13.5. The van der Waals surface area contributed by atoms with Crippen LogP contribution in [0.5, 0.6) is 5.75 Å². The summed E-state index contributed by atoms with van der Waals surface area (Å²) in [4.78, 5) is 45.9. The largest absolute Gasteiger partial charge is 0.490 e.